The van der Waals surface area contributed by atoms with Crippen LogP contribution < -0.4 is 0 Å². The highest BCUT2D eigenvalue weighted by Crippen LogP contribution is 2.20. The van der Waals surface area contributed by atoms with Crippen molar-refractivity contribution in [1.29, 1.82) is 0 Å². The molecule has 0 unspecified atom stereocenters. The fourth-order valence-electron chi connectivity index (χ4n) is 1.84. The molecule has 0 aliphatic heterocycles. The Kier molecular flexibility index (Phi) is 2.65. The number of nitrogens with zero attached hydrogens (tertiary/aromatic N) is 2. The Hall–Kier alpha value is -2.42. The zero-order valence-electron chi connectivity index (χ0n) is 9.62. The molecule has 0 N–H and O–H groups in total. The summed E-state index contributed by atoms with van der Waals surface area (Å²) in [6, 6.07) is 16.3. The third-order valence-corrected chi connectivity index (χ3v) is 2.78. The second kappa shape index (κ2) is 4.45. The van der Waals surface area contributed by atoms with Crippen LogP contribution >= 0.6 is 0 Å². The Bertz CT molecular complexity index is 642. The molecule has 0 spiro atoms. The molecule has 3 aromatic rings. The molecular weight excluding hydrogens is 227 g/mol. The Morgan fingerprint density at radius 3 is 2.28 bits per heavy atom. The van der Waals surface area contributed by atoms with Crippen LogP contribution in [0.5, 0.6) is 0 Å². The maximum Gasteiger partial charge on any atom is 0.123 e. The zero-order chi connectivity index (χ0) is 12.4. The van der Waals surface area contributed by atoms with E-state index in [0.717, 1.165) is 16.8 Å². The van der Waals surface area contributed by atoms with Crippen molar-refractivity contribution in [2.45, 2.75) is 0 Å². The van der Waals surface area contributed by atoms with Crippen LogP contribution in [-0.2, 0) is 0 Å². The van der Waals surface area contributed by atoms with Crippen molar-refractivity contribution in [1.82, 2.24) is 9.78 Å². The average Bonchev–Trinajstić information content (AvgIpc) is 2.90. The first-order valence-electron chi connectivity index (χ1n) is 5.69. The van der Waals surface area contributed by atoms with Gasteiger partial charge in [0.15, 0.2) is 0 Å². The van der Waals surface area contributed by atoms with Crippen LogP contribution in [0.3, 0.4) is 0 Å². The van der Waals surface area contributed by atoms with Gasteiger partial charge in [-0.05, 0) is 29.8 Å². The molecule has 0 bridgehead atoms. The van der Waals surface area contributed by atoms with Crippen LogP contribution in [0.25, 0.3) is 16.8 Å². The Morgan fingerprint density at radius 2 is 1.56 bits per heavy atom. The summed E-state index contributed by atoms with van der Waals surface area (Å²) in [5, 5.41) is 4.31. The minimum absolute atomic E-state index is 0.228. The monoisotopic (exact) mass is 238 g/mol. The predicted octanol–water partition coefficient (Wildman–Crippen LogP) is 3.68. The molecule has 2 aromatic carbocycles. The van der Waals surface area contributed by atoms with E-state index in [4.69, 9.17) is 0 Å². The largest absolute Gasteiger partial charge is 0.240 e. The molecule has 0 radical (unpaired) electrons. The number of aromatic nitrogens is 2. The number of rotatable bonds is 2. The Morgan fingerprint density at radius 1 is 0.833 bits per heavy atom. The molecule has 0 fully saturated rings. The topological polar surface area (TPSA) is 17.8 Å². The van der Waals surface area contributed by atoms with Gasteiger partial charge in [-0.25, -0.2) is 9.07 Å². The molecule has 0 saturated heterocycles. The molecule has 0 saturated carbocycles. The highest BCUT2D eigenvalue weighted by atomic mass is 19.1. The van der Waals surface area contributed by atoms with Gasteiger partial charge < -0.3 is 0 Å². The van der Waals surface area contributed by atoms with Gasteiger partial charge >= 0.3 is 0 Å². The smallest absolute Gasteiger partial charge is 0.123 e. The lowest BCUT2D eigenvalue weighted by atomic mass is 10.1. The van der Waals surface area contributed by atoms with E-state index < -0.39 is 0 Å². The third-order valence-electron chi connectivity index (χ3n) is 2.78. The van der Waals surface area contributed by atoms with Crippen molar-refractivity contribution in [3.05, 3.63) is 72.8 Å². The van der Waals surface area contributed by atoms with Crippen molar-refractivity contribution in [3.63, 3.8) is 0 Å². The molecule has 0 amide bonds. The molecule has 0 atom stereocenters. The van der Waals surface area contributed by atoms with Gasteiger partial charge in [-0.1, -0.05) is 30.3 Å². The highest BCUT2D eigenvalue weighted by Gasteiger charge is 2.03. The molecule has 0 aliphatic carbocycles. The van der Waals surface area contributed by atoms with E-state index in [-0.39, 0.29) is 5.82 Å². The van der Waals surface area contributed by atoms with Crippen LogP contribution in [0.15, 0.2) is 67.0 Å². The van der Waals surface area contributed by atoms with Crippen LogP contribution in [0.2, 0.25) is 0 Å². The van der Waals surface area contributed by atoms with E-state index in [1.165, 1.54) is 12.1 Å². The van der Waals surface area contributed by atoms with E-state index in [0.29, 0.717) is 0 Å². The summed E-state index contributed by atoms with van der Waals surface area (Å²) >= 11 is 0. The van der Waals surface area contributed by atoms with Crippen molar-refractivity contribution < 1.29 is 4.39 Å². The zero-order valence-corrected chi connectivity index (χ0v) is 9.62. The summed E-state index contributed by atoms with van der Waals surface area (Å²) in [6.07, 6.45) is 3.71. The second-order valence-electron chi connectivity index (χ2n) is 4.02. The molecule has 88 valence electrons. The maximum atomic E-state index is 12.9. The number of benzene rings is 2. The van der Waals surface area contributed by atoms with E-state index in [2.05, 4.69) is 5.10 Å². The van der Waals surface area contributed by atoms with E-state index in [1.54, 1.807) is 23.0 Å². The van der Waals surface area contributed by atoms with Crippen molar-refractivity contribution in [3.8, 4) is 16.8 Å². The molecule has 1 aromatic heterocycles. The van der Waals surface area contributed by atoms with Gasteiger partial charge in [0.2, 0.25) is 0 Å². The van der Waals surface area contributed by atoms with Crippen molar-refractivity contribution in [2.75, 3.05) is 0 Å². The SMILES string of the molecule is Fc1ccc(-c2cnn(-c3ccccc3)c2)cc1. The minimum atomic E-state index is -0.228. The molecule has 0 aliphatic rings. The van der Waals surface area contributed by atoms with Crippen molar-refractivity contribution in [2.24, 2.45) is 0 Å². The van der Waals surface area contributed by atoms with E-state index in [1.807, 2.05) is 36.5 Å². The summed E-state index contributed by atoms with van der Waals surface area (Å²) in [5.74, 6) is -0.228. The van der Waals surface area contributed by atoms with Crippen molar-refractivity contribution >= 4 is 0 Å². The summed E-state index contributed by atoms with van der Waals surface area (Å²) in [6.45, 7) is 0. The normalized spacial score (nSPS) is 10.5. The van der Waals surface area contributed by atoms with Gasteiger partial charge in [-0.3, -0.25) is 0 Å². The first kappa shape index (κ1) is 10.7. The summed E-state index contributed by atoms with van der Waals surface area (Å²) in [5.41, 5.74) is 2.93. The fourth-order valence-corrected chi connectivity index (χ4v) is 1.84. The minimum Gasteiger partial charge on any atom is -0.240 e. The summed E-state index contributed by atoms with van der Waals surface area (Å²) in [7, 11) is 0. The number of hydrogen-bond donors (Lipinski definition) is 0. The fraction of sp³-hybridized carbons (Fsp3) is 0. The van der Waals surface area contributed by atoms with Crippen LogP contribution in [0.4, 0.5) is 4.39 Å². The van der Waals surface area contributed by atoms with Gasteiger partial charge in [-0.2, -0.15) is 5.10 Å². The lowest BCUT2D eigenvalue weighted by Gasteiger charge is -1.99. The maximum absolute atomic E-state index is 12.9. The molecule has 3 heteroatoms. The average molecular weight is 238 g/mol. The highest BCUT2D eigenvalue weighted by molar-refractivity contribution is 5.62. The van der Waals surface area contributed by atoms with Gasteiger partial charge in [0.05, 0.1) is 11.9 Å². The second-order valence-corrected chi connectivity index (χ2v) is 4.02. The first-order valence-corrected chi connectivity index (χ1v) is 5.69. The molecule has 3 rings (SSSR count). The lowest BCUT2D eigenvalue weighted by Crippen LogP contribution is -1.92. The quantitative estimate of drug-likeness (QED) is 0.666. The Balaban J connectivity index is 1.97. The van der Waals surface area contributed by atoms with Gasteiger partial charge in [0.1, 0.15) is 5.82 Å². The Labute approximate surface area is 104 Å². The van der Waals surface area contributed by atoms with E-state index >= 15 is 0 Å². The number of hydrogen-bond acceptors (Lipinski definition) is 1. The molecular formula is C15H11FN2. The van der Waals surface area contributed by atoms with Crippen LogP contribution in [0, 0.1) is 5.82 Å². The third kappa shape index (κ3) is 2.02. The number of halogens is 1. The van der Waals surface area contributed by atoms with Gasteiger partial charge in [0.25, 0.3) is 0 Å². The van der Waals surface area contributed by atoms with E-state index in [9.17, 15) is 4.39 Å². The molecule has 2 nitrogen and oxygen atoms in total. The predicted molar refractivity (Wildman–Crippen MR) is 69.0 cm³/mol. The van der Waals surface area contributed by atoms with Gasteiger partial charge in [-0.15, -0.1) is 0 Å². The lowest BCUT2D eigenvalue weighted by molar-refractivity contribution is 0.628. The first-order chi connectivity index (χ1) is 8.83. The summed E-state index contributed by atoms with van der Waals surface area (Å²) < 4.78 is 14.7. The standard InChI is InChI=1S/C15H11FN2/c16-14-8-6-12(7-9-14)13-10-17-18(11-13)15-4-2-1-3-5-15/h1-11H. The summed E-state index contributed by atoms with van der Waals surface area (Å²) in [4.78, 5) is 0. The molecule has 18 heavy (non-hydrogen) atoms. The van der Waals surface area contributed by atoms with Crippen LogP contribution in [-0.4, -0.2) is 9.78 Å². The van der Waals surface area contributed by atoms with Crippen LogP contribution in [0.1, 0.15) is 0 Å². The molecule has 1 heterocycles. The number of para-hydroxylation sites is 1. The van der Waals surface area contributed by atoms with Gasteiger partial charge in [0, 0.05) is 11.8 Å².